The van der Waals surface area contributed by atoms with Crippen molar-refractivity contribution in [1.82, 2.24) is 9.97 Å². The molecule has 0 saturated heterocycles. The highest BCUT2D eigenvalue weighted by atomic mass is 35.5. The molecule has 0 aliphatic heterocycles. The maximum Gasteiger partial charge on any atom is 0.451 e. The van der Waals surface area contributed by atoms with Crippen LogP contribution >= 0.6 is 11.6 Å². The van der Waals surface area contributed by atoms with Crippen molar-refractivity contribution in [3.05, 3.63) is 17.0 Å². The van der Waals surface area contributed by atoms with Crippen molar-refractivity contribution < 1.29 is 13.2 Å². The first-order valence-electron chi connectivity index (χ1n) is 7.24. The third kappa shape index (κ3) is 4.73. The molecule has 0 spiro atoms. The van der Waals surface area contributed by atoms with Gasteiger partial charge in [-0.15, -0.1) is 0 Å². The molecule has 7 heteroatoms. The highest BCUT2D eigenvalue weighted by Gasteiger charge is 2.35. The zero-order chi connectivity index (χ0) is 15.5. The first-order chi connectivity index (χ1) is 9.88. The quantitative estimate of drug-likeness (QED) is 0.811. The van der Waals surface area contributed by atoms with Crippen LogP contribution in [0.3, 0.4) is 0 Å². The van der Waals surface area contributed by atoms with Crippen LogP contribution in [0.15, 0.2) is 6.07 Å². The number of halogens is 4. The Hall–Kier alpha value is -1.04. The summed E-state index contributed by atoms with van der Waals surface area (Å²) in [5, 5.41) is 2.77. The fourth-order valence-corrected chi connectivity index (χ4v) is 2.91. The summed E-state index contributed by atoms with van der Waals surface area (Å²) >= 11 is 5.62. The molecule has 0 bridgehead atoms. The van der Waals surface area contributed by atoms with E-state index < -0.39 is 12.0 Å². The molecule has 0 aromatic carbocycles. The van der Waals surface area contributed by atoms with Crippen molar-refractivity contribution in [3.63, 3.8) is 0 Å². The predicted molar refractivity (Wildman–Crippen MR) is 76.3 cm³/mol. The van der Waals surface area contributed by atoms with Crippen LogP contribution in [-0.4, -0.2) is 16.5 Å². The molecule has 118 valence electrons. The number of nitrogens with zero attached hydrogens (tertiary/aromatic N) is 2. The molecule has 1 aliphatic carbocycles. The number of rotatable bonds is 4. The standard InChI is InChI=1S/C14H19ClF3N3/c1-2-9-3-5-10(6-4-9)8-19-12-7-11(15)20-13(21-12)14(16,17)18/h7,9-10H,2-6,8H2,1H3,(H,19,20,21). The van der Waals surface area contributed by atoms with E-state index in [1.807, 2.05) is 0 Å². The van der Waals surface area contributed by atoms with Gasteiger partial charge in [-0.1, -0.05) is 37.8 Å². The lowest BCUT2D eigenvalue weighted by Gasteiger charge is -2.28. The van der Waals surface area contributed by atoms with Gasteiger partial charge < -0.3 is 5.32 Å². The van der Waals surface area contributed by atoms with Crippen molar-refractivity contribution in [1.29, 1.82) is 0 Å². The maximum atomic E-state index is 12.6. The Morgan fingerprint density at radius 2 is 1.81 bits per heavy atom. The number of alkyl halides is 3. The van der Waals surface area contributed by atoms with Gasteiger partial charge >= 0.3 is 6.18 Å². The van der Waals surface area contributed by atoms with E-state index >= 15 is 0 Å². The van der Waals surface area contributed by atoms with Gasteiger partial charge in [0.2, 0.25) is 5.82 Å². The highest BCUT2D eigenvalue weighted by molar-refractivity contribution is 6.29. The number of anilines is 1. The van der Waals surface area contributed by atoms with E-state index in [4.69, 9.17) is 11.6 Å². The van der Waals surface area contributed by atoms with Gasteiger partial charge in [-0.3, -0.25) is 0 Å². The van der Waals surface area contributed by atoms with Crippen LogP contribution in [0.5, 0.6) is 0 Å². The summed E-state index contributed by atoms with van der Waals surface area (Å²) in [6.45, 7) is 2.83. The summed E-state index contributed by atoms with van der Waals surface area (Å²) < 4.78 is 37.8. The van der Waals surface area contributed by atoms with E-state index in [0.29, 0.717) is 12.5 Å². The molecule has 0 amide bonds. The second kappa shape index (κ2) is 6.81. The van der Waals surface area contributed by atoms with Crippen LogP contribution in [0.2, 0.25) is 5.15 Å². The first-order valence-corrected chi connectivity index (χ1v) is 7.62. The average Bonchev–Trinajstić information content (AvgIpc) is 2.44. The molecular weight excluding hydrogens is 303 g/mol. The van der Waals surface area contributed by atoms with Crippen molar-refractivity contribution in [2.75, 3.05) is 11.9 Å². The third-order valence-corrected chi connectivity index (χ3v) is 4.26. The summed E-state index contributed by atoms with van der Waals surface area (Å²) in [6.07, 6.45) is 1.23. The molecule has 3 nitrogen and oxygen atoms in total. The second-order valence-corrected chi connectivity index (χ2v) is 5.96. The molecule has 1 aromatic heterocycles. The molecule has 1 N–H and O–H groups in total. The van der Waals surface area contributed by atoms with Crippen LogP contribution in [0.4, 0.5) is 19.0 Å². The van der Waals surface area contributed by atoms with Crippen molar-refractivity contribution in [2.24, 2.45) is 11.8 Å². The monoisotopic (exact) mass is 321 g/mol. The Morgan fingerprint density at radius 3 is 2.38 bits per heavy atom. The van der Waals surface area contributed by atoms with E-state index in [1.165, 1.54) is 25.3 Å². The lowest BCUT2D eigenvalue weighted by Crippen LogP contribution is -2.22. The number of nitrogens with one attached hydrogen (secondary N) is 1. The van der Waals surface area contributed by atoms with Crippen molar-refractivity contribution in [2.45, 2.75) is 45.2 Å². The molecule has 1 saturated carbocycles. The van der Waals surface area contributed by atoms with Crippen LogP contribution < -0.4 is 5.32 Å². The topological polar surface area (TPSA) is 37.8 Å². The fraction of sp³-hybridized carbons (Fsp3) is 0.714. The summed E-state index contributed by atoms with van der Waals surface area (Å²) in [6, 6.07) is 1.33. The van der Waals surface area contributed by atoms with Crippen LogP contribution in [0.1, 0.15) is 44.9 Å². The second-order valence-electron chi connectivity index (χ2n) is 5.57. The van der Waals surface area contributed by atoms with Gasteiger partial charge in [0.05, 0.1) is 0 Å². The highest BCUT2D eigenvalue weighted by Crippen LogP contribution is 2.31. The zero-order valence-corrected chi connectivity index (χ0v) is 12.6. The summed E-state index contributed by atoms with van der Waals surface area (Å²) in [5.74, 6) is 0.217. The Bertz CT molecular complexity index is 471. The van der Waals surface area contributed by atoms with Gasteiger partial charge in [-0.25, -0.2) is 9.97 Å². The average molecular weight is 322 g/mol. The minimum absolute atomic E-state index is 0.139. The summed E-state index contributed by atoms with van der Waals surface area (Å²) in [5.41, 5.74) is 0. The SMILES string of the molecule is CCC1CCC(CNc2cc(Cl)nc(C(F)(F)F)n2)CC1. The Morgan fingerprint density at radius 1 is 1.19 bits per heavy atom. The maximum absolute atomic E-state index is 12.6. The summed E-state index contributed by atoms with van der Waals surface area (Å²) in [4.78, 5) is 6.70. The molecule has 0 radical (unpaired) electrons. The van der Waals surface area contributed by atoms with E-state index in [1.54, 1.807) is 0 Å². The lowest BCUT2D eigenvalue weighted by molar-refractivity contribution is -0.144. The predicted octanol–water partition coefficient (Wildman–Crippen LogP) is 4.78. The Kier molecular flexibility index (Phi) is 5.30. The molecule has 1 aromatic rings. The van der Waals surface area contributed by atoms with Crippen LogP contribution in [0.25, 0.3) is 0 Å². The summed E-state index contributed by atoms with van der Waals surface area (Å²) in [7, 11) is 0. The van der Waals surface area contributed by atoms with Crippen LogP contribution in [-0.2, 0) is 6.18 Å². The van der Waals surface area contributed by atoms with E-state index in [2.05, 4.69) is 22.2 Å². The number of hydrogen-bond acceptors (Lipinski definition) is 3. The van der Waals surface area contributed by atoms with Gasteiger partial charge in [0.15, 0.2) is 0 Å². The molecule has 1 aliphatic rings. The fourth-order valence-electron chi connectivity index (χ4n) is 2.73. The lowest BCUT2D eigenvalue weighted by atomic mass is 9.81. The molecule has 0 atom stereocenters. The van der Waals surface area contributed by atoms with E-state index in [9.17, 15) is 13.2 Å². The van der Waals surface area contributed by atoms with E-state index in [-0.39, 0.29) is 11.0 Å². The third-order valence-electron chi connectivity index (χ3n) is 4.06. The minimum atomic E-state index is -4.58. The molecule has 1 fully saturated rings. The minimum Gasteiger partial charge on any atom is -0.370 e. The largest absolute Gasteiger partial charge is 0.451 e. The molecular formula is C14H19ClF3N3. The van der Waals surface area contributed by atoms with Gasteiger partial charge in [0.25, 0.3) is 0 Å². The molecule has 2 rings (SSSR count). The Labute approximate surface area is 127 Å². The zero-order valence-electron chi connectivity index (χ0n) is 11.9. The van der Waals surface area contributed by atoms with E-state index in [0.717, 1.165) is 18.8 Å². The van der Waals surface area contributed by atoms with Gasteiger partial charge in [-0.05, 0) is 24.7 Å². The van der Waals surface area contributed by atoms with Crippen LogP contribution in [0, 0.1) is 11.8 Å². The Balaban J connectivity index is 1.93. The van der Waals surface area contributed by atoms with Gasteiger partial charge in [0.1, 0.15) is 11.0 Å². The number of aromatic nitrogens is 2. The molecule has 21 heavy (non-hydrogen) atoms. The molecule has 0 unspecified atom stereocenters. The molecule has 1 heterocycles. The number of hydrogen-bond donors (Lipinski definition) is 1. The van der Waals surface area contributed by atoms with Gasteiger partial charge in [0, 0.05) is 12.6 Å². The normalized spacial score (nSPS) is 23.1. The van der Waals surface area contributed by atoms with Crippen molar-refractivity contribution in [3.8, 4) is 0 Å². The van der Waals surface area contributed by atoms with Crippen molar-refractivity contribution >= 4 is 17.4 Å². The first kappa shape index (κ1) is 16.3. The van der Waals surface area contributed by atoms with Gasteiger partial charge in [-0.2, -0.15) is 13.2 Å². The smallest absolute Gasteiger partial charge is 0.370 e.